The zero-order chi connectivity index (χ0) is 90.8. The Morgan fingerprint density at radius 1 is 0.301 bits per heavy atom. The van der Waals surface area contributed by atoms with E-state index in [2.05, 4.69) is 68.6 Å². The number of carbonyl (C=O) groups is 11. The number of rotatable bonds is 71. The molecule has 712 valence electrons. The fourth-order valence-electron chi connectivity index (χ4n) is 14.2. The molecular weight excluding hydrogens is 1610 g/mol. The highest BCUT2D eigenvalue weighted by molar-refractivity contribution is 5.80. The van der Waals surface area contributed by atoms with Crippen LogP contribution < -0.4 is 47.9 Å². The zero-order valence-electron chi connectivity index (χ0n) is 73.9. The molecule has 0 saturated carbocycles. The van der Waals surface area contributed by atoms with Crippen molar-refractivity contribution in [2.75, 3.05) is 112 Å². The van der Waals surface area contributed by atoms with E-state index >= 15 is 0 Å². The van der Waals surface area contributed by atoms with Gasteiger partial charge in [0.15, 0.2) is 18.9 Å². The van der Waals surface area contributed by atoms with Gasteiger partial charge >= 0.3 is 0 Å². The minimum atomic E-state index is -1.46. The third kappa shape index (κ3) is 50.3. The monoisotopic (exact) mass is 1760 g/mol. The molecule has 18 N–H and O–H groups in total. The van der Waals surface area contributed by atoms with Gasteiger partial charge < -0.3 is 136 Å². The van der Waals surface area contributed by atoms with Crippen molar-refractivity contribution in [1.29, 1.82) is 0 Å². The number of nitrogens with one attached hydrogen (secondary N) is 9. The summed E-state index contributed by atoms with van der Waals surface area (Å²) < 4.78 is 52.4. The standard InChI is InChI=1S/C85H153N9O29/c1-58(98)91-72-78(112)75(109)63(52-95)121-81(72)118-46-25-20-33-62(102)32-19-24-41-86-68(105)37-49-115-55-85(94-71(108)36-18-14-10-8-7-9-12-16-30-61(101)31-17-13-11-15-23-40-84(4,5)6,56-116-50-38-69(106)89-44-28-42-87-66(103)34-21-26-47-119-82-73(92-59(2)99)79(113)76(110)64(53-96)122-82)57-117-51-39-70(107)90-45-29-43-88-67(104)35-22-27-48-120-83-74(93-60(3)100)80(114)77(111)65(54-97)123-83/h63-65,72-83,95-97,109-114H,7-57H2,1-6H3,(H,86,105)(H,87,103)(H,88,104)(H,89,106)(H,90,107)(H,91,98)(H,92,99)(H,93,100)(H,94,108)/t63?,64?,65?,72?,73?,74?,75-,76-,77-,78+,79+,80+,81+,82+,83+,85?/m0/s1. The number of ether oxygens (including phenoxy) is 9. The molecule has 3 rings (SSSR count). The van der Waals surface area contributed by atoms with Gasteiger partial charge in [-0.15, -0.1) is 0 Å². The number of amides is 9. The van der Waals surface area contributed by atoms with Crippen molar-refractivity contribution in [3.63, 3.8) is 0 Å². The van der Waals surface area contributed by atoms with Crippen LogP contribution in [0, 0.1) is 5.41 Å². The molecule has 0 spiro atoms. The van der Waals surface area contributed by atoms with Crippen molar-refractivity contribution >= 4 is 64.7 Å². The average molecular weight is 1770 g/mol. The molecule has 0 aromatic rings. The van der Waals surface area contributed by atoms with Crippen LogP contribution in [-0.4, -0.2) is 320 Å². The zero-order valence-corrected chi connectivity index (χ0v) is 73.9. The lowest BCUT2D eigenvalue weighted by Gasteiger charge is -2.42. The van der Waals surface area contributed by atoms with Gasteiger partial charge in [0.1, 0.15) is 90.2 Å². The normalized spacial score (nSPS) is 23.2. The van der Waals surface area contributed by atoms with E-state index in [0.717, 1.165) is 57.8 Å². The lowest BCUT2D eigenvalue weighted by atomic mass is 9.89. The number of Topliss-reactive ketones (excluding diaryl/α,β-unsaturated/α-hetero) is 2. The van der Waals surface area contributed by atoms with E-state index in [-0.39, 0.29) is 185 Å². The Morgan fingerprint density at radius 2 is 0.561 bits per heavy atom. The Labute approximate surface area is 725 Å². The lowest BCUT2D eigenvalue weighted by Crippen LogP contribution is -2.64. The predicted molar refractivity (Wildman–Crippen MR) is 449 cm³/mol. The molecular formula is C85H153N9O29. The maximum absolute atomic E-state index is 14.1. The number of aliphatic hydroxyl groups excluding tert-OH is 9. The highest BCUT2D eigenvalue weighted by Crippen LogP contribution is 2.28. The molecule has 3 aliphatic rings. The Balaban J connectivity index is 1.59. The quantitative estimate of drug-likeness (QED) is 0.0375. The molecule has 9 amide bonds. The van der Waals surface area contributed by atoms with Crippen LogP contribution in [0.4, 0.5) is 0 Å². The first kappa shape index (κ1) is 111. The van der Waals surface area contributed by atoms with Crippen LogP contribution in [0.25, 0.3) is 0 Å². The van der Waals surface area contributed by atoms with Crippen LogP contribution in [0.15, 0.2) is 0 Å². The molecule has 123 heavy (non-hydrogen) atoms. The number of aliphatic hydroxyl groups is 9. The fourth-order valence-corrected chi connectivity index (χ4v) is 14.2. The van der Waals surface area contributed by atoms with E-state index in [1.54, 1.807) is 0 Å². The van der Waals surface area contributed by atoms with Gasteiger partial charge in [0.05, 0.1) is 59.5 Å². The number of hydrogen-bond donors (Lipinski definition) is 18. The molecule has 3 saturated heterocycles. The largest absolute Gasteiger partial charge is 0.394 e. The summed E-state index contributed by atoms with van der Waals surface area (Å²) in [6, 6.07) is -3.27. The second kappa shape index (κ2) is 65.4. The molecule has 3 heterocycles. The molecule has 6 unspecified atom stereocenters. The Hall–Kier alpha value is -6.15. The van der Waals surface area contributed by atoms with E-state index < -0.39 is 135 Å². The van der Waals surface area contributed by atoms with E-state index in [1.165, 1.54) is 46.5 Å². The van der Waals surface area contributed by atoms with Crippen molar-refractivity contribution < 1.29 is 141 Å². The van der Waals surface area contributed by atoms with Gasteiger partial charge in [-0.2, -0.15) is 0 Å². The third-order valence-electron chi connectivity index (χ3n) is 21.2. The summed E-state index contributed by atoms with van der Waals surface area (Å²) in [4.78, 5) is 140. The summed E-state index contributed by atoms with van der Waals surface area (Å²) in [6.45, 7) is 9.21. The molecule has 0 aromatic carbocycles. The highest BCUT2D eigenvalue weighted by atomic mass is 16.7. The van der Waals surface area contributed by atoms with E-state index in [4.69, 9.17) is 42.6 Å². The van der Waals surface area contributed by atoms with Gasteiger partial charge in [0.25, 0.3) is 0 Å². The molecule has 0 aromatic heterocycles. The Morgan fingerprint density at radius 3 is 0.870 bits per heavy atom. The molecule has 38 heteroatoms. The van der Waals surface area contributed by atoms with Crippen molar-refractivity contribution in [2.45, 2.75) is 357 Å². The van der Waals surface area contributed by atoms with E-state index in [9.17, 15) is 98.7 Å². The molecule has 38 nitrogen and oxygen atoms in total. The second-order valence-electron chi connectivity index (χ2n) is 33.7. The molecule has 15 atom stereocenters. The summed E-state index contributed by atoms with van der Waals surface area (Å²) in [7, 11) is 0. The average Bonchev–Trinajstić information content (AvgIpc) is 0.819. The maximum Gasteiger partial charge on any atom is 0.222 e. The van der Waals surface area contributed by atoms with Gasteiger partial charge in [-0.3, -0.25) is 52.7 Å². The smallest absolute Gasteiger partial charge is 0.222 e. The maximum atomic E-state index is 14.1. The predicted octanol–water partition coefficient (Wildman–Crippen LogP) is 0.801. The number of carbonyl (C=O) groups excluding carboxylic acids is 11. The van der Waals surface area contributed by atoms with Crippen molar-refractivity contribution in [3.05, 3.63) is 0 Å². The van der Waals surface area contributed by atoms with Crippen LogP contribution in [-0.2, 0) is 95.4 Å². The fraction of sp³-hybridized carbons (Fsp3) is 0.871. The van der Waals surface area contributed by atoms with Crippen molar-refractivity contribution in [3.8, 4) is 0 Å². The molecule has 0 aliphatic carbocycles. The van der Waals surface area contributed by atoms with Crippen molar-refractivity contribution in [2.24, 2.45) is 5.41 Å². The van der Waals surface area contributed by atoms with Crippen LogP contribution in [0.1, 0.15) is 260 Å². The molecule has 0 radical (unpaired) electrons. The van der Waals surface area contributed by atoms with Crippen LogP contribution >= 0.6 is 0 Å². The van der Waals surface area contributed by atoms with Gasteiger partial charge in [-0.25, -0.2) is 0 Å². The van der Waals surface area contributed by atoms with Gasteiger partial charge in [0, 0.05) is 138 Å². The second-order valence-corrected chi connectivity index (χ2v) is 33.7. The topological polar surface area (TPSA) is 561 Å². The Bertz CT molecular complexity index is 2750. The minimum absolute atomic E-state index is 0.00389. The minimum Gasteiger partial charge on any atom is -0.394 e. The molecule has 3 aliphatic heterocycles. The molecule has 3 fully saturated rings. The van der Waals surface area contributed by atoms with Gasteiger partial charge in [0.2, 0.25) is 53.2 Å². The summed E-state index contributed by atoms with van der Waals surface area (Å²) >= 11 is 0. The van der Waals surface area contributed by atoms with Crippen LogP contribution in [0.2, 0.25) is 0 Å². The third-order valence-corrected chi connectivity index (χ3v) is 21.2. The number of unbranched alkanes of at least 4 members (excludes halogenated alkanes) is 15. The SMILES string of the molecule is CC(=O)NC1[C@H](OCCCCC(=O)CCCCNC(=O)CCOCC(COCCC(=O)NCCCNC(=O)CCCCO[C@@H]2OC(CO)[C@H](O)[C@H](O)C2NC(C)=O)(COCCC(=O)NCCCNC(=O)CCCCO[C@@H]2OC(CO)[C@H](O)[C@H](O)C2NC(C)=O)NC(=O)CCCCCCCCCCC(=O)CCCCCCCC(C)(C)C)OC(CO)[C@H](O)[C@@H]1O. The lowest BCUT2D eigenvalue weighted by molar-refractivity contribution is -0.270. The highest BCUT2D eigenvalue weighted by Gasteiger charge is 2.48. The first-order chi connectivity index (χ1) is 58.8. The summed E-state index contributed by atoms with van der Waals surface area (Å²) in [5, 5.41) is 116. The Kier molecular flexibility index (Phi) is 59.0. The number of hydrogen-bond acceptors (Lipinski definition) is 29. The van der Waals surface area contributed by atoms with Crippen LogP contribution in [0.3, 0.4) is 0 Å². The first-order valence-electron chi connectivity index (χ1n) is 44.8. The van der Waals surface area contributed by atoms with Crippen molar-refractivity contribution in [1.82, 2.24) is 47.9 Å². The van der Waals surface area contributed by atoms with Gasteiger partial charge in [-0.1, -0.05) is 85.0 Å². The first-order valence-corrected chi connectivity index (χ1v) is 44.8. The summed E-state index contributed by atoms with van der Waals surface area (Å²) in [5.74, 6) is -3.00. The van der Waals surface area contributed by atoms with Crippen LogP contribution in [0.5, 0.6) is 0 Å². The molecule has 0 bridgehead atoms. The number of ketones is 2. The van der Waals surface area contributed by atoms with E-state index in [0.29, 0.717) is 94.7 Å². The van der Waals surface area contributed by atoms with E-state index in [1.807, 2.05) is 0 Å². The summed E-state index contributed by atoms with van der Waals surface area (Å²) in [6.07, 6.45) is 4.61. The van der Waals surface area contributed by atoms with Gasteiger partial charge in [-0.05, 0) is 95.3 Å². The summed E-state index contributed by atoms with van der Waals surface area (Å²) in [5.41, 5.74) is -1.06.